The van der Waals surface area contributed by atoms with Crippen LogP contribution in [0.1, 0.15) is 418 Å². The Balaban J connectivity index is 3.36. The van der Waals surface area contributed by atoms with Crippen molar-refractivity contribution in [2.24, 2.45) is 0 Å². The molecule has 0 aromatic heterocycles. The minimum Gasteiger partial charge on any atom is -0.466 e. The number of aliphatic hydroxyl groups excluding tert-OH is 2. The Morgan fingerprint density at radius 1 is 0.337 bits per heavy atom. The van der Waals surface area contributed by atoms with Gasteiger partial charge in [-0.15, -0.1) is 0 Å². The van der Waals surface area contributed by atoms with Gasteiger partial charge in [0.25, 0.3) is 0 Å². The summed E-state index contributed by atoms with van der Waals surface area (Å²) in [4.78, 5) is 24.6. The van der Waals surface area contributed by atoms with E-state index in [1.807, 2.05) is 6.08 Å². The van der Waals surface area contributed by atoms with Crippen LogP contribution in [0.5, 0.6) is 0 Å². The molecule has 2 atom stereocenters. The molecule has 0 aromatic rings. The second-order valence-corrected chi connectivity index (χ2v) is 26.0. The number of esters is 1. The van der Waals surface area contributed by atoms with E-state index in [9.17, 15) is 19.8 Å². The summed E-state index contributed by atoms with van der Waals surface area (Å²) in [6.07, 6.45) is 94.0. The van der Waals surface area contributed by atoms with Gasteiger partial charge in [0.15, 0.2) is 0 Å². The fourth-order valence-electron chi connectivity index (χ4n) is 11.9. The van der Waals surface area contributed by atoms with Crippen LogP contribution in [0.15, 0.2) is 36.5 Å². The van der Waals surface area contributed by atoms with E-state index in [2.05, 4.69) is 43.5 Å². The van der Waals surface area contributed by atoms with E-state index in [1.165, 1.54) is 347 Å². The third-order valence-electron chi connectivity index (χ3n) is 17.7. The highest BCUT2D eigenvalue weighted by Gasteiger charge is 2.18. The lowest BCUT2D eigenvalue weighted by Crippen LogP contribution is -2.45. The zero-order valence-electron chi connectivity index (χ0n) is 56.2. The number of carbonyl (C=O) groups is 2. The normalized spacial score (nSPS) is 12.7. The van der Waals surface area contributed by atoms with Gasteiger partial charge in [-0.3, -0.25) is 9.59 Å². The van der Waals surface area contributed by atoms with Crippen LogP contribution < -0.4 is 5.32 Å². The van der Waals surface area contributed by atoms with Gasteiger partial charge in [-0.1, -0.05) is 378 Å². The van der Waals surface area contributed by atoms with Crippen LogP contribution in [-0.4, -0.2) is 47.4 Å². The van der Waals surface area contributed by atoms with Crippen LogP contribution in [0.3, 0.4) is 0 Å². The monoisotopic (exact) mass is 1170 g/mol. The first kappa shape index (κ1) is 81.1. The zero-order valence-corrected chi connectivity index (χ0v) is 56.2. The molecule has 0 saturated carbocycles. The summed E-state index contributed by atoms with van der Waals surface area (Å²) in [6.45, 7) is 4.94. The molecule has 6 nitrogen and oxygen atoms in total. The van der Waals surface area contributed by atoms with Gasteiger partial charge >= 0.3 is 5.97 Å². The van der Waals surface area contributed by atoms with Gasteiger partial charge in [0.2, 0.25) is 5.91 Å². The number of rotatable bonds is 71. The van der Waals surface area contributed by atoms with E-state index >= 15 is 0 Å². The third-order valence-corrected chi connectivity index (χ3v) is 17.7. The molecule has 0 aliphatic heterocycles. The Morgan fingerprint density at radius 3 is 0.916 bits per heavy atom. The van der Waals surface area contributed by atoms with Crippen LogP contribution >= 0.6 is 0 Å². The third kappa shape index (κ3) is 69.1. The molecule has 0 rings (SSSR count). The SMILES string of the molecule is CCCCCCCCCCCCCC/C=C/C(O)C(CO)NC(=O)CCCCCCCCCCCCCCCCCCC/C=C\C/C=C\CCCCCCCCCCCCCOC(=O)CCCCCCCCCCCCCCCCCCC. The molecule has 0 spiro atoms. The van der Waals surface area contributed by atoms with E-state index in [1.54, 1.807) is 6.08 Å². The standard InChI is InChI=1S/C77H147NO5/c1-3-5-7-9-11-13-15-17-19-39-43-47-51-55-59-63-67-71-77(82)83-72-68-64-60-56-52-48-44-41-38-36-34-32-30-28-26-24-22-20-21-23-25-27-29-31-33-35-37-40-42-46-50-54-58-62-66-70-76(81)78-74(73-79)75(80)69-65-61-57-53-49-45-18-16-14-12-10-8-6-4-2/h22,24,28,30,65,69,74-75,79-80H,3-21,23,25-27,29,31-64,66-68,70-73H2,1-2H3,(H,78,81)/b24-22-,30-28-,69-65+. The van der Waals surface area contributed by atoms with Gasteiger partial charge in [-0.2, -0.15) is 0 Å². The fraction of sp³-hybridized carbons (Fsp3) is 0.896. The molecule has 0 fully saturated rings. The first-order valence-corrected chi connectivity index (χ1v) is 37.8. The van der Waals surface area contributed by atoms with Crippen LogP contribution in [0.4, 0.5) is 0 Å². The second kappa shape index (κ2) is 72.6. The van der Waals surface area contributed by atoms with Crippen molar-refractivity contribution < 1.29 is 24.5 Å². The van der Waals surface area contributed by atoms with Crippen molar-refractivity contribution in [1.82, 2.24) is 5.32 Å². The molecule has 83 heavy (non-hydrogen) atoms. The van der Waals surface area contributed by atoms with Gasteiger partial charge in [-0.25, -0.2) is 0 Å². The summed E-state index contributed by atoms with van der Waals surface area (Å²) in [5.74, 6) is -0.0426. The van der Waals surface area contributed by atoms with Gasteiger partial charge in [-0.05, 0) is 64.2 Å². The van der Waals surface area contributed by atoms with Crippen molar-refractivity contribution >= 4 is 11.9 Å². The quantitative estimate of drug-likeness (QED) is 0.0320. The first-order chi connectivity index (χ1) is 41.0. The van der Waals surface area contributed by atoms with E-state index in [-0.39, 0.29) is 18.5 Å². The molecule has 6 heteroatoms. The van der Waals surface area contributed by atoms with Crippen molar-refractivity contribution in [2.75, 3.05) is 13.2 Å². The van der Waals surface area contributed by atoms with Crippen LogP contribution in [0, 0.1) is 0 Å². The fourth-order valence-corrected chi connectivity index (χ4v) is 11.9. The number of aliphatic hydroxyl groups is 2. The molecular formula is C77H147NO5. The molecule has 0 saturated heterocycles. The Morgan fingerprint density at radius 2 is 0.602 bits per heavy atom. The maximum absolute atomic E-state index is 12.5. The lowest BCUT2D eigenvalue weighted by atomic mass is 10.0. The number of ether oxygens (including phenoxy) is 1. The van der Waals surface area contributed by atoms with Crippen molar-refractivity contribution in [3.8, 4) is 0 Å². The number of carbonyl (C=O) groups excluding carboxylic acids is 2. The Bertz CT molecular complexity index is 1340. The number of hydrogen-bond acceptors (Lipinski definition) is 5. The van der Waals surface area contributed by atoms with Gasteiger partial charge in [0.1, 0.15) is 0 Å². The average molecular weight is 1170 g/mol. The number of hydrogen-bond donors (Lipinski definition) is 3. The van der Waals surface area contributed by atoms with Crippen molar-refractivity contribution in [3.63, 3.8) is 0 Å². The topological polar surface area (TPSA) is 95.9 Å². The Hall–Kier alpha value is -1.92. The molecule has 0 aliphatic rings. The average Bonchev–Trinajstić information content (AvgIpc) is 3.49. The summed E-state index contributed by atoms with van der Waals surface area (Å²) < 4.78 is 5.51. The molecule has 0 aromatic carbocycles. The van der Waals surface area contributed by atoms with E-state index in [0.29, 0.717) is 19.4 Å². The predicted molar refractivity (Wildman–Crippen MR) is 366 cm³/mol. The largest absolute Gasteiger partial charge is 0.466 e. The summed E-state index contributed by atoms with van der Waals surface area (Å²) in [7, 11) is 0. The lowest BCUT2D eigenvalue weighted by Gasteiger charge is -2.20. The molecule has 2 unspecified atom stereocenters. The lowest BCUT2D eigenvalue weighted by molar-refractivity contribution is -0.143. The minimum atomic E-state index is -0.842. The Labute approximate surface area is 519 Å². The van der Waals surface area contributed by atoms with Gasteiger partial charge in [0.05, 0.1) is 25.4 Å². The number of unbranched alkanes of at least 4 members (excludes halogenated alkanes) is 56. The second-order valence-electron chi connectivity index (χ2n) is 26.0. The smallest absolute Gasteiger partial charge is 0.305 e. The van der Waals surface area contributed by atoms with E-state index < -0.39 is 12.1 Å². The number of allylic oxidation sites excluding steroid dienone is 5. The molecule has 3 N–H and O–H groups in total. The minimum absolute atomic E-state index is 0.0211. The zero-order chi connectivity index (χ0) is 59.9. The molecule has 0 aliphatic carbocycles. The summed E-state index contributed by atoms with van der Waals surface area (Å²) in [5.41, 5.74) is 0. The highest BCUT2D eigenvalue weighted by molar-refractivity contribution is 5.76. The van der Waals surface area contributed by atoms with Gasteiger partial charge in [0, 0.05) is 12.8 Å². The maximum atomic E-state index is 12.5. The van der Waals surface area contributed by atoms with Crippen LogP contribution in [0.25, 0.3) is 0 Å². The molecule has 1 amide bonds. The van der Waals surface area contributed by atoms with E-state index in [0.717, 1.165) is 44.9 Å². The molecule has 0 radical (unpaired) electrons. The number of nitrogens with one attached hydrogen (secondary N) is 1. The van der Waals surface area contributed by atoms with E-state index in [4.69, 9.17) is 4.74 Å². The maximum Gasteiger partial charge on any atom is 0.305 e. The Kier molecular flexibility index (Phi) is 70.9. The molecule has 490 valence electrons. The molecular weight excluding hydrogens is 1020 g/mol. The van der Waals surface area contributed by atoms with Crippen molar-refractivity contribution in [3.05, 3.63) is 36.5 Å². The highest BCUT2D eigenvalue weighted by atomic mass is 16.5. The van der Waals surface area contributed by atoms with Crippen LogP contribution in [-0.2, 0) is 14.3 Å². The van der Waals surface area contributed by atoms with Crippen molar-refractivity contribution in [2.45, 2.75) is 431 Å². The summed E-state index contributed by atoms with van der Waals surface area (Å²) in [6, 6.07) is -0.626. The summed E-state index contributed by atoms with van der Waals surface area (Å²) >= 11 is 0. The van der Waals surface area contributed by atoms with Crippen molar-refractivity contribution in [1.29, 1.82) is 0 Å². The molecule has 0 heterocycles. The highest BCUT2D eigenvalue weighted by Crippen LogP contribution is 2.19. The molecule has 0 bridgehead atoms. The van der Waals surface area contributed by atoms with Gasteiger partial charge < -0.3 is 20.3 Å². The first-order valence-electron chi connectivity index (χ1n) is 37.8. The predicted octanol–water partition coefficient (Wildman–Crippen LogP) is 24.7. The summed E-state index contributed by atoms with van der Waals surface area (Å²) in [5, 5.41) is 23.2. The van der Waals surface area contributed by atoms with Crippen LogP contribution in [0.2, 0.25) is 0 Å². The number of amides is 1.